The van der Waals surface area contributed by atoms with Gasteiger partial charge >= 0.3 is 0 Å². The van der Waals surface area contributed by atoms with Crippen LogP contribution in [0.15, 0.2) is 41.0 Å². The van der Waals surface area contributed by atoms with Crippen LogP contribution in [-0.4, -0.2) is 10.9 Å². The molecule has 0 unspecified atom stereocenters. The molecule has 0 aliphatic heterocycles. The van der Waals surface area contributed by atoms with Crippen molar-refractivity contribution in [2.75, 3.05) is 11.1 Å². The van der Waals surface area contributed by atoms with Gasteiger partial charge in [-0.25, -0.2) is 4.98 Å². The van der Waals surface area contributed by atoms with Gasteiger partial charge in [0.15, 0.2) is 0 Å². The lowest BCUT2D eigenvalue weighted by Gasteiger charge is -2.07. The van der Waals surface area contributed by atoms with Crippen molar-refractivity contribution in [2.24, 2.45) is 0 Å². The van der Waals surface area contributed by atoms with E-state index in [-0.39, 0.29) is 5.91 Å². The Balaban J connectivity index is 2.18. The Kier molecular flexibility index (Phi) is 3.62. The Hall–Kier alpha value is -1.88. The van der Waals surface area contributed by atoms with Crippen molar-refractivity contribution in [1.29, 1.82) is 0 Å². The largest absolute Gasteiger partial charge is 0.397 e. The number of pyridine rings is 1. The fourth-order valence-corrected chi connectivity index (χ4v) is 1.90. The van der Waals surface area contributed by atoms with Crippen molar-refractivity contribution in [3.8, 4) is 0 Å². The maximum absolute atomic E-state index is 12.0. The third kappa shape index (κ3) is 2.87. The van der Waals surface area contributed by atoms with Crippen molar-refractivity contribution in [1.82, 2.24) is 4.98 Å². The summed E-state index contributed by atoms with van der Waals surface area (Å²) in [5.41, 5.74) is 7.82. The van der Waals surface area contributed by atoms with E-state index in [4.69, 9.17) is 5.73 Å². The number of nitrogens with zero attached hydrogens (tertiary/aromatic N) is 1. The number of nitrogens with two attached hydrogens (primary N) is 1. The lowest BCUT2D eigenvalue weighted by atomic mass is 10.1. The molecule has 2 aromatic rings. The topological polar surface area (TPSA) is 68.0 Å². The minimum atomic E-state index is -0.201. The standard InChI is InChI=1S/C13H12BrN3O/c1-8-2-4-9(5-3-8)13(18)17-12-11(14)6-10(15)7-16-12/h2-7H,15H2,1H3,(H,16,17,18). The van der Waals surface area contributed by atoms with Crippen LogP contribution in [0.25, 0.3) is 0 Å². The fraction of sp³-hybridized carbons (Fsp3) is 0.0769. The zero-order valence-corrected chi connectivity index (χ0v) is 11.4. The maximum Gasteiger partial charge on any atom is 0.256 e. The summed E-state index contributed by atoms with van der Waals surface area (Å²) < 4.78 is 0.656. The number of rotatable bonds is 2. The summed E-state index contributed by atoms with van der Waals surface area (Å²) in [5.74, 6) is 0.253. The molecule has 1 aromatic carbocycles. The predicted molar refractivity (Wildman–Crippen MR) is 75.5 cm³/mol. The molecule has 2 rings (SSSR count). The van der Waals surface area contributed by atoms with Gasteiger partial charge in [0.1, 0.15) is 5.82 Å². The maximum atomic E-state index is 12.0. The van der Waals surface area contributed by atoms with Crippen LogP contribution in [0.4, 0.5) is 11.5 Å². The highest BCUT2D eigenvalue weighted by Gasteiger charge is 2.09. The van der Waals surface area contributed by atoms with Gasteiger partial charge in [0.05, 0.1) is 16.4 Å². The molecule has 1 amide bonds. The Labute approximate surface area is 113 Å². The quantitative estimate of drug-likeness (QED) is 0.896. The summed E-state index contributed by atoms with van der Waals surface area (Å²) in [6.45, 7) is 1.97. The fourth-order valence-electron chi connectivity index (χ4n) is 1.43. The van der Waals surface area contributed by atoms with Crippen molar-refractivity contribution in [2.45, 2.75) is 6.92 Å². The highest BCUT2D eigenvalue weighted by Crippen LogP contribution is 2.22. The van der Waals surface area contributed by atoms with Gasteiger partial charge in [0, 0.05) is 5.56 Å². The van der Waals surface area contributed by atoms with E-state index < -0.39 is 0 Å². The third-order valence-electron chi connectivity index (χ3n) is 2.41. The van der Waals surface area contributed by atoms with Crippen molar-refractivity contribution in [3.05, 3.63) is 52.1 Å². The number of nitrogens with one attached hydrogen (secondary N) is 1. The van der Waals surface area contributed by atoms with E-state index in [2.05, 4.69) is 26.2 Å². The first-order chi connectivity index (χ1) is 8.56. The molecule has 0 saturated carbocycles. The molecule has 0 fully saturated rings. The first-order valence-electron chi connectivity index (χ1n) is 5.35. The lowest BCUT2D eigenvalue weighted by Crippen LogP contribution is -2.13. The Morgan fingerprint density at radius 3 is 2.61 bits per heavy atom. The molecule has 1 aromatic heterocycles. The normalized spacial score (nSPS) is 10.1. The number of benzene rings is 1. The van der Waals surface area contributed by atoms with E-state index >= 15 is 0 Å². The van der Waals surface area contributed by atoms with Gasteiger partial charge in [0.25, 0.3) is 5.91 Å². The second kappa shape index (κ2) is 5.18. The molecule has 4 nitrogen and oxygen atoms in total. The molecular weight excluding hydrogens is 294 g/mol. The summed E-state index contributed by atoms with van der Waals surface area (Å²) in [6.07, 6.45) is 1.50. The molecule has 0 aliphatic carbocycles. The second-order valence-corrected chi connectivity index (χ2v) is 4.77. The number of aromatic nitrogens is 1. The lowest BCUT2D eigenvalue weighted by molar-refractivity contribution is 0.102. The molecule has 5 heteroatoms. The molecule has 0 atom stereocenters. The van der Waals surface area contributed by atoms with Crippen LogP contribution >= 0.6 is 15.9 Å². The Morgan fingerprint density at radius 2 is 2.00 bits per heavy atom. The number of carbonyl (C=O) groups excluding carboxylic acids is 1. The predicted octanol–water partition coefficient (Wildman–Crippen LogP) is 2.99. The number of anilines is 2. The summed E-state index contributed by atoms with van der Waals surface area (Å²) >= 11 is 3.30. The van der Waals surface area contributed by atoms with Crippen LogP contribution in [-0.2, 0) is 0 Å². The zero-order chi connectivity index (χ0) is 13.1. The van der Waals surface area contributed by atoms with Crippen LogP contribution in [0.1, 0.15) is 15.9 Å². The average molecular weight is 306 g/mol. The number of aryl methyl sites for hydroxylation is 1. The molecule has 0 radical (unpaired) electrons. The van der Waals surface area contributed by atoms with Gasteiger partial charge in [-0.05, 0) is 41.1 Å². The van der Waals surface area contributed by atoms with E-state index in [1.807, 2.05) is 19.1 Å². The summed E-state index contributed by atoms with van der Waals surface area (Å²) in [6, 6.07) is 9.02. The molecular formula is C13H12BrN3O. The molecule has 0 spiro atoms. The van der Waals surface area contributed by atoms with Crippen LogP contribution < -0.4 is 11.1 Å². The minimum absolute atomic E-state index is 0.201. The summed E-state index contributed by atoms with van der Waals surface area (Å²) in [4.78, 5) is 16.0. The van der Waals surface area contributed by atoms with E-state index in [0.717, 1.165) is 5.56 Å². The number of amides is 1. The molecule has 0 saturated heterocycles. The highest BCUT2D eigenvalue weighted by molar-refractivity contribution is 9.10. The number of hydrogen-bond acceptors (Lipinski definition) is 3. The van der Waals surface area contributed by atoms with Crippen molar-refractivity contribution < 1.29 is 4.79 Å². The van der Waals surface area contributed by atoms with Crippen LogP contribution in [0.5, 0.6) is 0 Å². The second-order valence-electron chi connectivity index (χ2n) is 3.92. The van der Waals surface area contributed by atoms with Crippen molar-refractivity contribution in [3.63, 3.8) is 0 Å². The Morgan fingerprint density at radius 1 is 1.33 bits per heavy atom. The molecule has 18 heavy (non-hydrogen) atoms. The first kappa shape index (κ1) is 12.6. The Bertz CT molecular complexity index is 581. The molecule has 3 N–H and O–H groups in total. The van der Waals surface area contributed by atoms with E-state index in [0.29, 0.717) is 21.5 Å². The van der Waals surface area contributed by atoms with Crippen LogP contribution in [0.2, 0.25) is 0 Å². The van der Waals surface area contributed by atoms with E-state index in [1.54, 1.807) is 18.2 Å². The smallest absolute Gasteiger partial charge is 0.256 e. The molecule has 1 heterocycles. The number of carbonyl (C=O) groups is 1. The van der Waals surface area contributed by atoms with Gasteiger partial charge in [-0.1, -0.05) is 17.7 Å². The third-order valence-corrected chi connectivity index (χ3v) is 3.01. The van der Waals surface area contributed by atoms with Gasteiger partial charge in [-0.3, -0.25) is 4.79 Å². The highest BCUT2D eigenvalue weighted by atomic mass is 79.9. The van der Waals surface area contributed by atoms with Gasteiger partial charge < -0.3 is 11.1 Å². The molecule has 0 aliphatic rings. The minimum Gasteiger partial charge on any atom is -0.397 e. The molecule has 0 bridgehead atoms. The first-order valence-corrected chi connectivity index (χ1v) is 6.14. The van der Waals surface area contributed by atoms with Gasteiger partial charge in [0.2, 0.25) is 0 Å². The van der Waals surface area contributed by atoms with Crippen molar-refractivity contribution >= 4 is 33.3 Å². The monoisotopic (exact) mass is 305 g/mol. The number of hydrogen-bond donors (Lipinski definition) is 2. The number of halogens is 1. The molecule has 92 valence electrons. The van der Waals surface area contributed by atoms with E-state index in [1.165, 1.54) is 6.20 Å². The summed E-state index contributed by atoms with van der Waals surface area (Å²) in [5, 5.41) is 2.72. The SMILES string of the molecule is Cc1ccc(C(=O)Nc2ncc(N)cc2Br)cc1. The summed E-state index contributed by atoms with van der Waals surface area (Å²) in [7, 11) is 0. The van der Waals surface area contributed by atoms with Gasteiger partial charge in [-0.15, -0.1) is 0 Å². The van der Waals surface area contributed by atoms with Gasteiger partial charge in [-0.2, -0.15) is 0 Å². The van der Waals surface area contributed by atoms with E-state index in [9.17, 15) is 4.79 Å². The van der Waals surface area contributed by atoms with Crippen LogP contribution in [0.3, 0.4) is 0 Å². The zero-order valence-electron chi connectivity index (χ0n) is 9.77. The average Bonchev–Trinajstić information content (AvgIpc) is 2.33. The number of nitrogen functional groups attached to an aromatic ring is 1. The van der Waals surface area contributed by atoms with Crippen LogP contribution in [0, 0.1) is 6.92 Å².